The molecule has 2 aliphatic rings. The van der Waals surface area contributed by atoms with Gasteiger partial charge in [0.15, 0.2) is 6.29 Å². The topological polar surface area (TPSA) is 18.5 Å². The highest BCUT2D eigenvalue weighted by molar-refractivity contribution is 4.94. The fourth-order valence-corrected chi connectivity index (χ4v) is 7.66. The molecule has 3 heteroatoms. The van der Waals surface area contributed by atoms with Crippen LogP contribution in [0.5, 0.6) is 0 Å². The number of nitrogens with zero attached hydrogens (tertiary/aromatic N) is 1. The minimum Gasteiger partial charge on any atom is -0.346 e. The van der Waals surface area contributed by atoms with Gasteiger partial charge in [0.2, 0.25) is 0 Å². The molecular formula is C46H84NO2+. The summed E-state index contributed by atoms with van der Waals surface area (Å²) in [5.41, 5.74) is 0. The molecule has 1 saturated heterocycles. The Morgan fingerprint density at radius 3 is 1.18 bits per heavy atom. The summed E-state index contributed by atoms with van der Waals surface area (Å²) < 4.78 is 14.4. The standard InChI is InChI=1S/C46H84NO2/c1-6-8-10-12-14-16-18-20-22-24-26-28-30-32-34-36-38-42(46-48-44-40-43(47(3,4)5)41-45(44)49-46)39-37-35-33-31-29-27-25-23-21-19-17-15-13-11-9-7-2/h14-17,20-23,42-46H,6-13,18-19,24-41H2,1-5H3/q+1/b16-14-,17-15-,22-20-,23-21-/t43-,44-,45+,46?. The van der Waals surface area contributed by atoms with Crippen molar-refractivity contribution in [1.82, 2.24) is 0 Å². The number of hydrogen-bond acceptors (Lipinski definition) is 2. The molecule has 3 nitrogen and oxygen atoms in total. The van der Waals surface area contributed by atoms with E-state index in [1.165, 1.54) is 154 Å². The maximum Gasteiger partial charge on any atom is 0.161 e. The molecule has 1 unspecified atom stereocenters. The number of quaternary nitrogens is 1. The van der Waals surface area contributed by atoms with Gasteiger partial charge in [-0.3, -0.25) is 0 Å². The van der Waals surface area contributed by atoms with Crippen molar-refractivity contribution in [3.8, 4) is 0 Å². The second-order valence-corrected chi connectivity index (χ2v) is 16.5. The molecule has 0 aromatic heterocycles. The van der Waals surface area contributed by atoms with E-state index < -0.39 is 0 Å². The van der Waals surface area contributed by atoms with Crippen molar-refractivity contribution in [3.05, 3.63) is 48.6 Å². The zero-order valence-electron chi connectivity index (χ0n) is 33.6. The van der Waals surface area contributed by atoms with Gasteiger partial charge in [-0.1, -0.05) is 152 Å². The second kappa shape index (κ2) is 29.4. The second-order valence-electron chi connectivity index (χ2n) is 16.5. The van der Waals surface area contributed by atoms with Crippen LogP contribution in [-0.2, 0) is 9.47 Å². The van der Waals surface area contributed by atoms with Crippen LogP contribution in [-0.4, -0.2) is 50.2 Å². The van der Waals surface area contributed by atoms with Crippen molar-refractivity contribution in [1.29, 1.82) is 0 Å². The van der Waals surface area contributed by atoms with E-state index in [2.05, 4.69) is 83.6 Å². The lowest BCUT2D eigenvalue weighted by Crippen LogP contribution is -2.44. The van der Waals surface area contributed by atoms with E-state index in [9.17, 15) is 0 Å². The normalized spacial score (nSPS) is 21.6. The maximum absolute atomic E-state index is 6.68. The number of hydrogen-bond donors (Lipinski definition) is 0. The van der Waals surface area contributed by atoms with E-state index >= 15 is 0 Å². The largest absolute Gasteiger partial charge is 0.346 e. The van der Waals surface area contributed by atoms with Gasteiger partial charge in [-0.2, -0.15) is 0 Å². The summed E-state index contributed by atoms with van der Waals surface area (Å²) in [5, 5.41) is 0. The molecule has 0 aromatic carbocycles. The Labute approximate surface area is 307 Å². The van der Waals surface area contributed by atoms with Crippen molar-refractivity contribution >= 4 is 0 Å². The molecule has 1 heterocycles. The average Bonchev–Trinajstić information content (AvgIpc) is 3.67. The van der Waals surface area contributed by atoms with Gasteiger partial charge < -0.3 is 14.0 Å². The lowest BCUT2D eigenvalue weighted by atomic mass is 9.93. The molecule has 0 amide bonds. The third-order valence-electron chi connectivity index (χ3n) is 11.1. The van der Waals surface area contributed by atoms with Gasteiger partial charge in [-0.15, -0.1) is 0 Å². The predicted molar refractivity (Wildman–Crippen MR) is 216 cm³/mol. The van der Waals surface area contributed by atoms with Gasteiger partial charge in [0, 0.05) is 18.8 Å². The Bertz CT molecular complexity index is 805. The Balaban J connectivity index is 1.58. The van der Waals surface area contributed by atoms with E-state index in [-0.39, 0.29) is 6.29 Å². The van der Waals surface area contributed by atoms with E-state index in [1.807, 2.05) is 0 Å². The molecule has 2 fully saturated rings. The Hall–Kier alpha value is -1.16. The Morgan fingerprint density at radius 2 is 0.816 bits per heavy atom. The summed E-state index contributed by atoms with van der Waals surface area (Å²) in [6.07, 6.45) is 56.0. The first-order chi connectivity index (χ1) is 24.0. The number of ether oxygens (including phenoxy) is 2. The summed E-state index contributed by atoms with van der Waals surface area (Å²) in [6.45, 7) is 4.55. The first-order valence-electron chi connectivity index (χ1n) is 21.7. The molecule has 284 valence electrons. The van der Waals surface area contributed by atoms with Crippen molar-refractivity contribution < 1.29 is 14.0 Å². The summed E-state index contributed by atoms with van der Waals surface area (Å²) in [7, 11) is 6.97. The molecule has 1 saturated carbocycles. The minimum absolute atomic E-state index is 0.0411. The molecule has 0 N–H and O–H groups in total. The number of unbranched alkanes of at least 4 members (excludes halogenated alkanes) is 18. The summed E-state index contributed by atoms with van der Waals surface area (Å²) >= 11 is 0. The fourth-order valence-electron chi connectivity index (χ4n) is 7.66. The van der Waals surface area contributed by atoms with Crippen LogP contribution >= 0.6 is 0 Å². The molecule has 4 atom stereocenters. The van der Waals surface area contributed by atoms with Crippen LogP contribution in [0.1, 0.15) is 194 Å². The summed E-state index contributed by atoms with van der Waals surface area (Å²) in [5.74, 6) is 0.574. The number of fused-ring (bicyclic) bond motifs is 1. The molecular weight excluding hydrogens is 599 g/mol. The molecule has 0 spiro atoms. The van der Waals surface area contributed by atoms with E-state index in [0.717, 1.165) is 30.2 Å². The summed E-state index contributed by atoms with van der Waals surface area (Å²) in [4.78, 5) is 0. The van der Waals surface area contributed by atoms with Crippen LogP contribution in [0.3, 0.4) is 0 Å². The third-order valence-corrected chi connectivity index (χ3v) is 11.1. The highest BCUT2D eigenvalue weighted by atomic mass is 16.7. The van der Waals surface area contributed by atoms with Crippen molar-refractivity contribution in [2.45, 2.75) is 218 Å². The molecule has 1 aliphatic carbocycles. The van der Waals surface area contributed by atoms with Gasteiger partial charge in [-0.05, 0) is 77.0 Å². The van der Waals surface area contributed by atoms with Gasteiger partial charge in [0.1, 0.15) is 0 Å². The average molecular weight is 683 g/mol. The van der Waals surface area contributed by atoms with Crippen LogP contribution in [0.15, 0.2) is 48.6 Å². The van der Waals surface area contributed by atoms with Crippen LogP contribution in [0.2, 0.25) is 0 Å². The van der Waals surface area contributed by atoms with E-state index in [1.54, 1.807) is 0 Å². The van der Waals surface area contributed by atoms with Crippen molar-refractivity contribution in [3.63, 3.8) is 0 Å². The van der Waals surface area contributed by atoms with E-state index in [4.69, 9.17) is 9.47 Å². The lowest BCUT2D eigenvalue weighted by molar-refractivity contribution is -0.895. The molecule has 0 bridgehead atoms. The highest BCUT2D eigenvalue weighted by Gasteiger charge is 2.49. The first kappa shape index (κ1) is 44.0. The maximum atomic E-state index is 6.68. The predicted octanol–water partition coefficient (Wildman–Crippen LogP) is 14.0. The SMILES string of the molecule is CCCCC/C=C\C/C=C\CCCCCCCCC(CCCCCCCC/C=C\C/C=C\CCCCC)C1O[C@H]2C[C@H]([N+](C)(C)C)C[C@H]2O1. The Kier molecular flexibility index (Phi) is 26.4. The van der Waals surface area contributed by atoms with Gasteiger partial charge >= 0.3 is 0 Å². The zero-order valence-corrected chi connectivity index (χ0v) is 33.6. The van der Waals surface area contributed by atoms with Crippen LogP contribution in [0, 0.1) is 5.92 Å². The van der Waals surface area contributed by atoms with Crippen LogP contribution < -0.4 is 0 Å². The van der Waals surface area contributed by atoms with Crippen molar-refractivity contribution in [2.24, 2.45) is 5.92 Å². The quantitative estimate of drug-likeness (QED) is 0.0399. The Morgan fingerprint density at radius 1 is 0.469 bits per heavy atom. The fraction of sp³-hybridized carbons (Fsp3) is 0.826. The minimum atomic E-state index is 0.0411. The van der Waals surface area contributed by atoms with Gasteiger partial charge in [0.25, 0.3) is 0 Å². The van der Waals surface area contributed by atoms with E-state index in [0.29, 0.717) is 24.2 Å². The molecule has 1 aliphatic heterocycles. The lowest BCUT2D eigenvalue weighted by Gasteiger charge is -2.32. The third kappa shape index (κ3) is 22.4. The summed E-state index contributed by atoms with van der Waals surface area (Å²) in [6, 6.07) is 0.662. The van der Waals surface area contributed by atoms with Crippen LogP contribution in [0.25, 0.3) is 0 Å². The van der Waals surface area contributed by atoms with Gasteiger partial charge in [0.05, 0.1) is 39.4 Å². The van der Waals surface area contributed by atoms with Crippen molar-refractivity contribution in [2.75, 3.05) is 21.1 Å². The smallest absolute Gasteiger partial charge is 0.161 e. The van der Waals surface area contributed by atoms with Crippen LogP contribution in [0.4, 0.5) is 0 Å². The number of rotatable bonds is 32. The molecule has 49 heavy (non-hydrogen) atoms. The zero-order chi connectivity index (χ0) is 35.3. The first-order valence-corrected chi connectivity index (χ1v) is 21.7. The highest BCUT2D eigenvalue weighted by Crippen LogP contribution is 2.40. The molecule has 2 rings (SSSR count). The molecule has 0 radical (unpaired) electrons. The monoisotopic (exact) mass is 683 g/mol. The van der Waals surface area contributed by atoms with Gasteiger partial charge in [-0.25, -0.2) is 0 Å². The number of allylic oxidation sites excluding steroid dienone is 8. The molecule has 0 aromatic rings.